The highest BCUT2D eigenvalue weighted by atomic mass is 16.3. The molecule has 5 heteroatoms. The lowest BCUT2D eigenvalue weighted by molar-refractivity contribution is -0.128. The Labute approximate surface area is 123 Å². The van der Waals surface area contributed by atoms with Gasteiger partial charge < -0.3 is 10.4 Å². The number of rotatable bonds is 5. The molecule has 3 rings (SSSR count). The van der Waals surface area contributed by atoms with Crippen LogP contribution < -0.4 is 5.32 Å². The molecule has 1 heterocycles. The van der Waals surface area contributed by atoms with Crippen LogP contribution in [0.1, 0.15) is 31.2 Å². The van der Waals surface area contributed by atoms with E-state index in [1.807, 2.05) is 30.3 Å². The van der Waals surface area contributed by atoms with E-state index in [-0.39, 0.29) is 11.9 Å². The van der Waals surface area contributed by atoms with Gasteiger partial charge in [0.25, 0.3) is 5.91 Å². The molecule has 1 saturated carbocycles. The zero-order chi connectivity index (χ0) is 14.9. The van der Waals surface area contributed by atoms with E-state index in [1.54, 1.807) is 0 Å². The second-order valence-electron chi connectivity index (χ2n) is 6.01. The molecule has 1 aromatic rings. The van der Waals surface area contributed by atoms with Crippen LogP contribution in [0, 0.1) is 0 Å². The molecule has 0 spiro atoms. The van der Waals surface area contributed by atoms with Crippen molar-refractivity contribution in [1.82, 2.24) is 10.2 Å². The molecule has 0 aromatic heterocycles. The summed E-state index contributed by atoms with van der Waals surface area (Å²) in [4.78, 5) is 25.5. The Hall–Kier alpha value is -1.88. The van der Waals surface area contributed by atoms with Crippen LogP contribution in [0.4, 0.5) is 4.79 Å². The van der Waals surface area contributed by atoms with Gasteiger partial charge in [-0.1, -0.05) is 30.3 Å². The summed E-state index contributed by atoms with van der Waals surface area (Å²) in [5.74, 6) is -0.188. The number of hydrogen-bond acceptors (Lipinski definition) is 3. The molecule has 112 valence electrons. The maximum atomic E-state index is 12.3. The van der Waals surface area contributed by atoms with Crippen LogP contribution in [0.2, 0.25) is 0 Å². The lowest BCUT2D eigenvalue weighted by atomic mass is 9.78. The van der Waals surface area contributed by atoms with Crippen molar-refractivity contribution >= 4 is 11.9 Å². The first-order valence-corrected chi connectivity index (χ1v) is 7.46. The Morgan fingerprint density at radius 3 is 2.57 bits per heavy atom. The van der Waals surface area contributed by atoms with E-state index in [9.17, 15) is 14.7 Å². The molecule has 0 radical (unpaired) electrons. The molecule has 1 aromatic carbocycles. The van der Waals surface area contributed by atoms with Crippen molar-refractivity contribution in [3.63, 3.8) is 0 Å². The van der Waals surface area contributed by atoms with Crippen LogP contribution in [0.3, 0.4) is 0 Å². The van der Waals surface area contributed by atoms with Crippen LogP contribution in [0.15, 0.2) is 30.3 Å². The number of imide groups is 1. The number of nitrogens with zero attached hydrogens (tertiary/aromatic N) is 1. The summed E-state index contributed by atoms with van der Waals surface area (Å²) < 4.78 is 0. The molecule has 1 aliphatic carbocycles. The van der Waals surface area contributed by atoms with Crippen molar-refractivity contribution in [2.75, 3.05) is 6.54 Å². The molecule has 2 aliphatic rings. The third-order valence-electron chi connectivity index (χ3n) is 4.47. The first-order valence-electron chi connectivity index (χ1n) is 7.46. The van der Waals surface area contributed by atoms with Crippen molar-refractivity contribution in [1.29, 1.82) is 0 Å². The van der Waals surface area contributed by atoms with Gasteiger partial charge in [-0.25, -0.2) is 4.79 Å². The highest BCUT2D eigenvalue weighted by Gasteiger charge is 2.40. The number of nitrogens with one attached hydrogen (secondary N) is 1. The van der Waals surface area contributed by atoms with Gasteiger partial charge in [-0.15, -0.1) is 0 Å². The Bertz CT molecular complexity index is 540. The molecule has 0 bridgehead atoms. The zero-order valence-electron chi connectivity index (χ0n) is 11.9. The quantitative estimate of drug-likeness (QED) is 0.806. The normalized spacial score (nSPS) is 23.9. The monoisotopic (exact) mass is 288 g/mol. The fourth-order valence-electron chi connectivity index (χ4n) is 2.93. The molecule has 1 unspecified atom stereocenters. The van der Waals surface area contributed by atoms with Gasteiger partial charge in [0, 0.05) is 13.0 Å². The minimum Gasteiger partial charge on any atom is -0.390 e. The predicted octanol–water partition coefficient (Wildman–Crippen LogP) is 1.45. The third kappa shape index (κ3) is 2.93. The van der Waals surface area contributed by atoms with E-state index in [1.165, 1.54) is 4.90 Å². The van der Waals surface area contributed by atoms with Gasteiger partial charge in [0.15, 0.2) is 0 Å². The summed E-state index contributed by atoms with van der Waals surface area (Å²) in [7, 11) is 0. The van der Waals surface area contributed by atoms with Crippen LogP contribution in [0.25, 0.3) is 0 Å². The molecular formula is C16H20N2O3. The minimum atomic E-state index is -0.669. The topological polar surface area (TPSA) is 69.6 Å². The summed E-state index contributed by atoms with van der Waals surface area (Å²) in [5.41, 5.74) is 0.355. The molecule has 2 fully saturated rings. The van der Waals surface area contributed by atoms with E-state index >= 15 is 0 Å². The predicted molar refractivity (Wildman–Crippen MR) is 77.6 cm³/mol. The third-order valence-corrected chi connectivity index (χ3v) is 4.47. The standard InChI is InChI=1S/C16H20N2O3/c19-14-13(11-12-5-2-1-3-6-12)17-15(20)18(14)10-9-16(21)7-4-8-16/h1-3,5-6,13,21H,4,7-11H2,(H,17,20). The molecule has 5 nitrogen and oxygen atoms in total. The molecule has 2 N–H and O–H groups in total. The van der Waals surface area contributed by atoms with E-state index in [0.29, 0.717) is 19.4 Å². The fourth-order valence-corrected chi connectivity index (χ4v) is 2.93. The summed E-state index contributed by atoms with van der Waals surface area (Å²) in [5, 5.41) is 12.8. The van der Waals surface area contributed by atoms with Gasteiger partial charge in [-0.3, -0.25) is 9.69 Å². The molecular weight excluding hydrogens is 268 g/mol. The first kappa shape index (κ1) is 14.1. The number of hydrogen-bond donors (Lipinski definition) is 2. The highest BCUT2D eigenvalue weighted by Crippen LogP contribution is 2.34. The van der Waals surface area contributed by atoms with Crippen molar-refractivity contribution < 1.29 is 14.7 Å². The van der Waals surface area contributed by atoms with Crippen LogP contribution >= 0.6 is 0 Å². The van der Waals surface area contributed by atoms with Gasteiger partial charge in [-0.05, 0) is 31.2 Å². The molecule has 1 saturated heterocycles. The van der Waals surface area contributed by atoms with E-state index < -0.39 is 11.6 Å². The lowest BCUT2D eigenvalue weighted by Gasteiger charge is -2.37. The van der Waals surface area contributed by atoms with Crippen molar-refractivity contribution in [3.8, 4) is 0 Å². The van der Waals surface area contributed by atoms with E-state index in [2.05, 4.69) is 5.32 Å². The fraction of sp³-hybridized carbons (Fsp3) is 0.500. The minimum absolute atomic E-state index is 0.188. The number of carbonyl (C=O) groups is 2. The molecule has 3 amide bonds. The number of urea groups is 1. The maximum absolute atomic E-state index is 12.3. The Balaban J connectivity index is 1.59. The highest BCUT2D eigenvalue weighted by molar-refractivity contribution is 6.04. The average molecular weight is 288 g/mol. The molecule has 21 heavy (non-hydrogen) atoms. The summed E-state index contributed by atoms with van der Waals surface area (Å²) in [6, 6.07) is 8.81. The number of amides is 3. The second kappa shape index (κ2) is 5.48. The Morgan fingerprint density at radius 2 is 1.95 bits per heavy atom. The summed E-state index contributed by atoms with van der Waals surface area (Å²) in [6.07, 6.45) is 3.54. The van der Waals surface area contributed by atoms with Gasteiger partial charge in [0.2, 0.25) is 0 Å². The number of benzene rings is 1. The number of carbonyl (C=O) groups excluding carboxylic acids is 2. The van der Waals surface area contributed by atoms with Crippen LogP contribution in [-0.4, -0.2) is 40.1 Å². The Kier molecular flexibility index (Phi) is 3.68. The maximum Gasteiger partial charge on any atom is 0.324 e. The Morgan fingerprint density at radius 1 is 1.24 bits per heavy atom. The van der Waals surface area contributed by atoms with Gasteiger partial charge >= 0.3 is 6.03 Å². The molecule has 1 aliphatic heterocycles. The smallest absolute Gasteiger partial charge is 0.324 e. The molecule has 1 atom stereocenters. The zero-order valence-corrected chi connectivity index (χ0v) is 11.9. The van der Waals surface area contributed by atoms with Gasteiger partial charge in [0.05, 0.1) is 5.60 Å². The van der Waals surface area contributed by atoms with E-state index in [4.69, 9.17) is 0 Å². The van der Waals surface area contributed by atoms with Crippen LogP contribution in [0.5, 0.6) is 0 Å². The lowest BCUT2D eigenvalue weighted by Crippen LogP contribution is -2.42. The summed E-state index contributed by atoms with van der Waals surface area (Å²) >= 11 is 0. The number of aliphatic hydroxyl groups is 1. The largest absolute Gasteiger partial charge is 0.390 e. The van der Waals surface area contributed by atoms with Gasteiger partial charge in [0.1, 0.15) is 6.04 Å². The first-order chi connectivity index (χ1) is 10.1. The van der Waals surface area contributed by atoms with Crippen molar-refractivity contribution in [2.45, 2.75) is 43.7 Å². The van der Waals surface area contributed by atoms with Crippen LogP contribution in [-0.2, 0) is 11.2 Å². The summed E-state index contributed by atoms with van der Waals surface area (Å²) in [6.45, 7) is 0.298. The van der Waals surface area contributed by atoms with Gasteiger partial charge in [-0.2, -0.15) is 0 Å². The van der Waals surface area contributed by atoms with Crippen molar-refractivity contribution in [3.05, 3.63) is 35.9 Å². The second-order valence-corrected chi connectivity index (χ2v) is 6.01. The average Bonchev–Trinajstić information content (AvgIpc) is 2.71. The SMILES string of the molecule is O=C1NC(Cc2ccccc2)C(=O)N1CCC1(O)CCC1. The van der Waals surface area contributed by atoms with E-state index in [0.717, 1.165) is 24.8 Å². The van der Waals surface area contributed by atoms with Crippen molar-refractivity contribution in [2.24, 2.45) is 0 Å².